The van der Waals surface area contributed by atoms with Gasteiger partial charge < -0.3 is 20.4 Å². The number of nitrogens with zero attached hydrogens (tertiary/aromatic N) is 12. The van der Waals surface area contributed by atoms with Crippen LogP contribution in [0.25, 0.3) is 0 Å². The van der Waals surface area contributed by atoms with Gasteiger partial charge in [-0.1, -0.05) is 118 Å². The van der Waals surface area contributed by atoms with Crippen molar-refractivity contribution in [2.24, 2.45) is 164 Å². The number of ketones is 4. The van der Waals surface area contributed by atoms with E-state index in [1.165, 1.54) is 89.9 Å². The van der Waals surface area contributed by atoms with E-state index in [0.717, 1.165) is 169 Å². The number of aromatic nitrogens is 12. The Kier molecular flexibility index (Phi) is 32.7. The summed E-state index contributed by atoms with van der Waals surface area (Å²) in [5.74, 6) is 15.3. The van der Waals surface area contributed by atoms with E-state index in [2.05, 4.69) is 75.9 Å². The number of Topliss-reactive ketones (excluding diaryl/α,β-unsaturated/α-hetero) is 4. The quantitative estimate of drug-likeness (QED) is 0.0861. The summed E-state index contributed by atoms with van der Waals surface area (Å²) in [4.78, 5) is 52.5. The second-order valence-electron chi connectivity index (χ2n) is 43.5. The molecule has 0 radical (unpaired) electrons. The summed E-state index contributed by atoms with van der Waals surface area (Å²) >= 11 is 0. The van der Waals surface area contributed by atoms with E-state index in [9.17, 15) is 52.8 Å². The van der Waals surface area contributed by atoms with Gasteiger partial charge in [0.25, 0.3) is 6.43 Å². The highest BCUT2D eigenvalue weighted by atomic mass is 19.3. The number of rotatable bonds is 15. The van der Waals surface area contributed by atoms with Crippen molar-refractivity contribution < 1.29 is 52.8 Å². The van der Waals surface area contributed by atoms with Crippen molar-refractivity contribution in [2.75, 3.05) is 6.67 Å². The minimum atomic E-state index is -2.64. The zero-order valence-corrected chi connectivity index (χ0v) is 78.7. The Morgan fingerprint density at radius 3 is 0.880 bits per heavy atom. The Balaban J connectivity index is 0.000000147. The van der Waals surface area contributed by atoms with Crippen LogP contribution in [0.2, 0.25) is 0 Å². The molecule has 704 valence electrons. The van der Waals surface area contributed by atoms with E-state index >= 15 is 0 Å². The summed E-state index contributed by atoms with van der Waals surface area (Å²) in [6, 6.07) is 0. The molecule has 0 aliphatic heterocycles. The van der Waals surface area contributed by atoms with Gasteiger partial charge in [-0.25, -0.2) is 31.9 Å². The zero-order valence-electron chi connectivity index (χ0n) is 78.7. The topological polar surface area (TPSA) is 272 Å². The molecule has 20 nitrogen and oxygen atoms in total. The van der Waals surface area contributed by atoms with Gasteiger partial charge in [0, 0.05) is 48.5 Å². The van der Waals surface area contributed by atoms with Crippen LogP contribution in [-0.2, 0) is 45.4 Å². The maximum Gasteiger partial charge on any atom is 0.266 e. The maximum atomic E-state index is 13.4. The predicted octanol–water partition coefficient (Wildman–Crippen LogP) is 20.8. The minimum Gasteiger partial charge on any atom is -0.390 e. The van der Waals surface area contributed by atoms with E-state index in [-0.39, 0.29) is 77.3 Å². The van der Waals surface area contributed by atoms with E-state index < -0.39 is 35.5 Å². The average Bonchev–Trinajstić information content (AvgIpc) is 1.65. The third-order valence-electron chi connectivity index (χ3n) is 38.5. The molecule has 0 amide bonds. The number of aliphatic hydroxyl groups is 4. The summed E-state index contributed by atoms with van der Waals surface area (Å²) < 4.78 is 46.8. The smallest absolute Gasteiger partial charge is 0.266 e. The Morgan fingerprint density at radius 1 is 0.336 bits per heavy atom. The number of hydrogen-bond acceptors (Lipinski definition) is 16. The van der Waals surface area contributed by atoms with Crippen molar-refractivity contribution in [1.82, 2.24) is 60.0 Å². The van der Waals surface area contributed by atoms with Gasteiger partial charge >= 0.3 is 0 Å². The van der Waals surface area contributed by atoms with Gasteiger partial charge in [0.1, 0.15) is 38.5 Å². The number of fused-ring (bicyclic) bond motifs is 20. The number of carbonyl (C=O) groups is 4. The predicted molar refractivity (Wildman–Crippen MR) is 482 cm³/mol. The molecule has 0 aromatic carbocycles. The molecule has 12 unspecified atom stereocenters. The fourth-order valence-corrected chi connectivity index (χ4v) is 33.0. The Bertz CT molecular complexity index is 3920. The fourth-order valence-electron chi connectivity index (χ4n) is 33.0. The van der Waals surface area contributed by atoms with Crippen LogP contribution in [0, 0.1) is 164 Å². The van der Waals surface area contributed by atoms with Crippen LogP contribution in [0.1, 0.15) is 342 Å². The summed E-state index contributed by atoms with van der Waals surface area (Å²) in [7, 11) is 0. The fraction of sp³-hybridized carbons (Fsp3) is 0.882. The van der Waals surface area contributed by atoms with Crippen molar-refractivity contribution in [3.05, 3.63) is 49.6 Å². The molecule has 125 heavy (non-hydrogen) atoms. The molecule has 4 aromatic rings. The molecule has 23 heteroatoms. The highest BCUT2D eigenvalue weighted by molar-refractivity contribution is 5.83. The molecule has 4 N–H and O–H groups in total. The molecule has 4 heterocycles. The average molecular weight is 1750 g/mol. The summed E-state index contributed by atoms with van der Waals surface area (Å²) in [5.41, 5.74) is -3.18. The van der Waals surface area contributed by atoms with E-state index in [1.54, 1.807) is 68.3 Å². The van der Waals surface area contributed by atoms with Crippen LogP contribution < -0.4 is 0 Å². The van der Waals surface area contributed by atoms with Gasteiger partial charge in [0.15, 0.2) is 23.1 Å². The number of carbonyl (C=O) groups excluding carboxylic acids is 4. The van der Waals surface area contributed by atoms with Crippen LogP contribution in [0.4, 0.5) is 13.2 Å². The zero-order chi connectivity index (χ0) is 89.1. The first-order valence-electron chi connectivity index (χ1n) is 50.8. The third-order valence-corrected chi connectivity index (χ3v) is 38.5. The van der Waals surface area contributed by atoms with Crippen LogP contribution in [-0.4, -0.2) is 139 Å². The standard InChI is InChI=1S/C24H37N3O2.C23H33F2N3O2.C23H34FN3O2.C23H35N3O2.4C2H6.CH4/c1-3-24(29)11-9-17-16(14-24)4-5-19-18(17)8-10-23(2)20(19)6-7-21(23)22(28)15-27-13-12-25-26-27;1-22-8-6-16-15-7-9-23(30,21(24)25)12-14(15)2-3-17(16)18(22)4-5-19(22)20(29)13-28-11-10-26-27-28;1-22-8-6-17-16-7-9-23(29,14-24)12-15(16)2-3-18(17)19(22)4-5-20(22)21(28)13-27-11-10-25-26-27;1-22(28)9-7-16-15(13-22)3-4-18-17(16)8-10-23(2)19(18)5-6-20(23)21(27)14-26-12-11-24-25-26;4*1-2;/h12-13,16-21,29H,3-11,14-15H2,1-2H3;10-11,14-19,21,30H,2-9,12-13H2,1H3;10-11,15-20,29H,2-9,12-14H2,1H3;11-12,15-20,28H,3-10,13-14H2,1-2H3;4*1-2H3;1H4/t16-,17-,18?,19?,20?,21+,23-,24+;14-,15-,16?,17?,18?,19+,22-,23+;15-,16-,17?,18?,19?,20+,22-,23+;15-,16-,17?,18?,19?,20+,22+,23-;;;;;/m0000...../s1. The van der Waals surface area contributed by atoms with Gasteiger partial charge in [-0.15, -0.1) is 20.4 Å². The molecule has 0 saturated heterocycles. The van der Waals surface area contributed by atoms with Gasteiger partial charge in [0.05, 0.1) is 41.6 Å². The van der Waals surface area contributed by atoms with E-state index in [0.29, 0.717) is 121 Å². The van der Waals surface area contributed by atoms with Crippen LogP contribution in [0.3, 0.4) is 0 Å². The van der Waals surface area contributed by atoms with Gasteiger partial charge in [0.2, 0.25) is 0 Å². The van der Waals surface area contributed by atoms with Gasteiger partial charge in [-0.2, -0.15) is 0 Å². The SMILES string of the molecule is C.CC.CC.CC.CC.CC[C@@]1(O)CC[C@@H]2C3CC[C@@]4(C)C(CC[C@@H]4C(=O)Cn4ccnn4)C3CC[C@H]2C1.C[C@@]1(O)CC[C@@H]2C3CC[C@@]4(C)C(CC[C@@H]4C(=O)Cn4ccnn4)C3CC[C@H]2C1.C[C@]12CCC3C(CC[C@H]4C[C@@](O)(C(F)F)CC[C@H]34)C1CC[C@@H]2C(=O)Cn1ccnn1.C[C@]12CCC3C(CC[C@H]4C[C@@](O)(CF)CC[C@H]34)C1CC[C@@H]2C(=O)Cn1ccnn1. The lowest BCUT2D eigenvalue weighted by Gasteiger charge is -2.57. The number of hydrogen-bond donors (Lipinski definition) is 4. The second kappa shape index (κ2) is 41.3. The lowest BCUT2D eigenvalue weighted by molar-refractivity contribution is -0.160. The largest absolute Gasteiger partial charge is 0.390 e. The van der Waals surface area contributed by atoms with Crippen LogP contribution >= 0.6 is 0 Å². The number of halogens is 3. The summed E-state index contributed by atoms with van der Waals surface area (Å²) in [6.07, 6.45) is 49.6. The molecule has 16 saturated carbocycles. The van der Waals surface area contributed by atoms with E-state index in [4.69, 9.17) is 0 Å². The molecule has 16 aliphatic rings. The summed E-state index contributed by atoms with van der Waals surface area (Å²) in [5, 5.41) is 73.6. The summed E-state index contributed by atoms with van der Waals surface area (Å²) in [6.45, 7) is 30.5. The van der Waals surface area contributed by atoms with E-state index in [1.807, 2.05) is 62.3 Å². The Morgan fingerprint density at radius 2 is 0.600 bits per heavy atom. The molecule has 16 fully saturated rings. The molecular formula is C102H167F3N12O8. The van der Waals surface area contributed by atoms with Gasteiger partial charge in [-0.05, 0) is 385 Å². The molecule has 0 spiro atoms. The number of alkyl halides is 3. The Labute approximate surface area is 748 Å². The van der Waals surface area contributed by atoms with Crippen molar-refractivity contribution >= 4 is 23.1 Å². The highest BCUT2D eigenvalue weighted by Crippen LogP contribution is 2.70. The van der Waals surface area contributed by atoms with Crippen molar-refractivity contribution in [3.8, 4) is 0 Å². The first-order valence-corrected chi connectivity index (χ1v) is 50.8. The molecule has 0 bridgehead atoms. The Hall–Kier alpha value is -5.13. The highest BCUT2D eigenvalue weighted by Gasteiger charge is 2.65. The monoisotopic (exact) mass is 1750 g/mol. The third kappa shape index (κ3) is 19.7. The molecular weight excluding hydrogens is 1580 g/mol. The van der Waals surface area contributed by atoms with Gasteiger partial charge in [-0.3, -0.25) is 19.2 Å². The second-order valence-corrected chi connectivity index (χ2v) is 43.5. The van der Waals surface area contributed by atoms with Crippen LogP contribution in [0.15, 0.2) is 49.6 Å². The molecule has 16 aliphatic carbocycles. The molecule has 20 rings (SSSR count). The van der Waals surface area contributed by atoms with Crippen LogP contribution in [0.5, 0.6) is 0 Å². The van der Waals surface area contributed by atoms with Crippen molar-refractivity contribution in [1.29, 1.82) is 0 Å². The van der Waals surface area contributed by atoms with Crippen molar-refractivity contribution in [3.63, 3.8) is 0 Å². The molecule has 32 atom stereocenters. The normalized spacial score (nSPS) is 43.5. The maximum absolute atomic E-state index is 13.4. The minimum absolute atomic E-state index is 0. The van der Waals surface area contributed by atoms with Crippen molar-refractivity contribution in [2.45, 2.75) is 397 Å². The molecule has 4 aromatic heterocycles. The lowest BCUT2D eigenvalue weighted by Crippen LogP contribution is -2.53. The first-order chi connectivity index (χ1) is 59.6. The first kappa shape index (κ1) is 98.9. The lowest BCUT2D eigenvalue weighted by atomic mass is 9.48.